The van der Waals surface area contributed by atoms with Crippen LogP contribution in [0.4, 0.5) is 5.69 Å². The van der Waals surface area contributed by atoms with Crippen molar-refractivity contribution in [2.75, 3.05) is 24.2 Å². The van der Waals surface area contributed by atoms with Crippen molar-refractivity contribution in [3.05, 3.63) is 78.4 Å². The smallest absolute Gasteiger partial charge is 0.227 e. The monoisotopic (exact) mass is 436 g/mol. The Bertz CT molecular complexity index is 1130. The second-order valence-corrected chi connectivity index (χ2v) is 10.2. The number of rotatable bonds is 7. The molecule has 0 aromatic heterocycles. The normalized spacial score (nSPS) is 15.7. The number of piperidine rings is 1. The fraction of sp³-hybridized carbons (Fsp3) is 0.320. The van der Waals surface area contributed by atoms with E-state index >= 15 is 0 Å². The molecule has 1 amide bonds. The maximum absolute atomic E-state index is 12.8. The molecule has 1 N–H and O–H groups in total. The van der Waals surface area contributed by atoms with E-state index in [-0.39, 0.29) is 17.6 Å². The van der Waals surface area contributed by atoms with E-state index in [1.165, 1.54) is 0 Å². The van der Waals surface area contributed by atoms with Gasteiger partial charge >= 0.3 is 0 Å². The van der Waals surface area contributed by atoms with Crippen LogP contribution in [0.5, 0.6) is 0 Å². The van der Waals surface area contributed by atoms with Crippen molar-refractivity contribution in [3.63, 3.8) is 0 Å². The van der Waals surface area contributed by atoms with E-state index in [9.17, 15) is 13.2 Å². The predicted molar refractivity (Wildman–Crippen MR) is 125 cm³/mol. The molecule has 0 spiro atoms. The number of hydrogen-bond acceptors (Lipinski definition) is 3. The molecule has 3 aromatic rings. The lowest BCUT2D eigenvalue weighted by molar-refractivity contribution is -0.120. The molecule has 0 radical (unpaired) electrons. The zero-order valence-electron chi connectivity index (χ0n) is 17.5. The molecule has 162 valence electrons. The maximum Gasteiger partial charge on any atom is 0.227 e. The average Bonchev–Trinajstić information content (AvgIpc) is 2.80. The second-order valence-electron chi connectivity index (χ2n) is 8.09. The Morgan fingerprint density at radius 3 is 2.35 bits per heavy atom. The molecule has 31 heavy (non-hydrogen) atoms. The summed E-state index contributed by atoms with van der Waals surface area (Å²) in [5.41, 5.74) is 1.96. The van der Waals surface area contributed by atoms with Crippen LogP contribution in [0.15, 0.2) is 72.8 Å². The van der Waals surface area contributed by atoms with Gasteiger partial charge in [-0.05, 0) is 42.7 Å². The molecule has 1 aliphatic rings. The molecule has 1 heterocycles. The van der Waals surface area contributed by atoms with Gasteiger partial charge in [-0.3, -0.25) is 4.79 Å². The topological polar surface area (TPSA) is 66.5 Å². The Morgan fingerprint density at radius 1 is 0.903 bits per heavy atom. The number of sulfonamides is 1. The van der Waals surface area contributed by atoms with E-state index in [4.69, 9.17) is 0 Å². The van der Waals surface area contributed by atoms with E-state index < -0.39 is 10.0 Å². The molecular formula is C25H28N2O3S. The predicted octanol–water partition coefficient (Wildman–Crippen LogP) is 4.45. The van der Waals surface area contributed by atoms with Crippen LogP contribution >= 0.6 is 0 Å². The van der Waals surface area contributed by atoms with Gasteiger partial charge in [0.25, 0.3) is 0 Å². The lowest BCUT2D eigenvalue weighted by Crippen LogP contribution is -2.42. The first-order chi connectivity index (χ1) is 15.0. The molecule has 5 nitrogen and oxygen atoms in total. The lowest BCUT2D eigenvalue weighted by atomic mass is 9.97. The molecule has 0 bridgehead atoms. The molecule has 0 saturated carbocycles. The SMILES string of the molecule is O=C(Nc1cccc2ccccc12)C1CCN(S(=O)(=O)CCCc2ccccc2)CC1. The van der Waals surface area contributed by atoms with E-state index in [1.807, 2.05) is 72.8 Å². The van der Waals surface area contributed by atoms with Gasteiger partial charge < -0.3 is 5.32 Å². The van der Waals surface area contributed by atoms with E-state index in [0.717, 1.165) is 28.4 Å². The quantitative estimate of drug-likeness (QED) is 0.595. The van der Waals surface area contributed by atoms with Crippen molar-refractivity contribution in [2.45, 2.75) is 25.7 Å². The summed E-state index contributed by atoms with van der Waals surface area (Å²) in [6.45, 7) is 0.808. The van der Waals surface area contributed by atoms with Crippen molar-refractivity contribution in [3.8, 4) is 0 Å². The molecule has 0 unspecified atom stereocenters. The molecule has 1 fully saturated rings. The third-order valence-electron chi connectivity index (χ3n) is 5.98. The third kappa shape index (κ3) is 5.32. The minimum Gasteiger partial charge on any atom is -0.325 e. The minimum atomic E-state index is -3.29. The molecule has 1 aliphatic heterocycles. The first-order valence-corrected chi connectivity index (χ1v) is 12.4. The number of benzene rings is 3. The highest BCUT2D eigenvalue weighted by molar-refractivity contribution is 7.89. The highest BCUT2D eigenvalue weighted by atomic mass is 32.2. The zero-order valence-corrected chi connectivity index (χ0v) is 18.4. The number of hydrogen-bond donors (Lipinski definition) is 1. The summed E-state index contributed by atoms with van der Waals surface area (Å²) in [6.07, 6.45) is 2.46. The largest absolute Gasteiger partial charge is 0.325 e. The van der Waals surface area contributed by atoms with Crippen LogP contribution in [-0.2, 0) is 21.2 Å². The molecule has 0 atom stereocenters. The maximum atomic E-state index is 12.8. The first-order valence-electron chi connectivity index (χ1n) is 10.8. The van der Waals surface area contributed by atoms with Crippen LogP contribution in [0.25, 0.3) is 10.8 Å². The van der Waals surface area contributed by atoms with Gasteiger partial charge in [-0.25, -0.2) is 12.7 Å². The fourth-order valence-corrected chi connectivity index (χ4v) is 5.73. The van der Waals surface area contributed by atoms with E-state index in [0.29, 0.717) is 32.4 Å². The van der Waals surface area contributed by atoms with E-state index in [1.54, 1.807) is 4.31 Å². The van der Waals surface area contributed by atoms with Crippen molar-refractivity contribution < 1.29 is 13.2 Å². The van der Waals surface area contributed by atoms with Gasteiger partial charge in [-0.2, -0.15) is 0 Å². The Balaban J connectivity index is 1.30. The van der Waals surface area contributed by atoms with Crippen LogP contribution < -0.4 is 5.32 Å². The number of aryl methyl sites for hydroxylation is 1. The standard InChI is InChI=1S/C25H28N2O3S/c28-25(26-24-14-6-12-21-11-4-5-13-23(21)24)22-15-17-27(18-16-22)31(29,30)19-7-10-20-8-2-1-3-9-20/h1-6,8-9,11-14,22H,7,10,15-19H2,(H,26,28). The number of nitrogens with one attached hydrogen (secondary N) is 1. The highest BCUT2D eigenvalue weighted by Crippen LogP contribution is 2.26. The molecule has 1 saturated heterocycles. The fourth-order valence-electron chi connectivity index (χ4n) is 4.20. The summed E-state index contributed by atoms with van der Waals surface area (Å²) in [5, 5.41) is 5.14. The molecule has 0 aliphatic carbocycles. The van der Waals surface area contributed by atoms with Crippen LogP contribution in [0.3, 0.4) is 0 Å². The number of nitrogens with zero attached hydrogens (tertiary/aromatic N) is 1. The Labute approximate surface area is 184 Å². The molecule has 4 rings (SSSR count). The van der Waals surface area contributed by atoms with Crippen LogP contribution in [0.2, 0.25) is 0 Å². The number of fused-ring (bicyclic) bond motifs is 1. The van der Waals surface area contributed by atoms with E-state index in [2.05, 4.69) is 5.32 Å². The number of carbonyl (C=O) groups excluding carboxylic acids is 1. The van der Waals surface area contributed by atoms with Gasteiger partial charge in [-0.15, -0.1) is 0 Å². The molecule has 3 aromatic carbocycles. The minimum absolute atomic E-state index is 0.0301. The first kappa shape index (κ1) is 21.5. The average molecular weight is 437 g/mol. The van der Waals surface area contributed by atoms with Gasteiger partial charge in [0.15, 0.2) is 0 Å². The van der Waals surface area contributed by atoms with Crippen molar-refractivity contribution >= 4 is 32.4 Å². The zero-order chi connectivity index (χ0) is 21.7. The van der Waals surface area contributed by atoms with Crippen molar-refractivity contribution in [1.29, 1.82) is 0 Å². The Hall–Kier alpha value is -2.70. The van der Waals surface area contributed by atoms with Crippen LogP contribution in [-0.4, -0.2) is 37.5 Å². The Morgan fingerprint density at radius 2 is 1.58 bits per heavy atom. The van der Waals surface area contributed by atoms with Gasteiger partial charge in [0.05, 0.1) is 5.75 Å². The van der Waals surface area contributed by atoms with Crippen LogP contribution in [0, 0.1) is 5.92 Å². The third-order valence-corrected chi connectivity index (χ3v) is 7.93. The lowest BCUT2D eigenvalue weighted by Gasteiger charge is -2.30. The number of carbonyl (C=O) groups is 1. The summed E-state index contributed by atoms with van der Waals surface area (Å²) in [7, 11) is -3.29. The van der Waals surface area contributed by atoms with Crippen molar-refractivity contribution in [1.82, 2.24) is 4.31 Å². The van der Waals surface area contributed by atoms with Gasteiger partial charge in [0.1, 0.15) is 0 Å². The van der Waals surface area contributed by atoms with Gasteiger partial charge in [0, 0.05) is 30.1 Å². The summed E-state index contributed by atoms with van der Waals surface area (Å²) in [4.78, 5) is 12.8. The Kier molecular flexibility index (Phi) is 6.68. The summed E-state index contributed by atoms with van der Waals surface area (Å²) in [5.74, 6) is -0.0541. The number of anilines is 1. The summed E-state index contributed by atoms with van der Waals surface area (Å²) in [6, 6.07) is 23.8. The van der Waals surface area contributed by atoms with Gasteiger partial charge in [0.2, 0.25) is 15.9 Å². The van der Waals surface area contributed by atoms with Gasteiger partial charge in [-0.1, -0.05) is 66.7 Å². The molecular weight excluding hydrogens is 408 g/mol. The number of amides is 1. The highest BCUT2D eigenvalue weighted by Gasteiger charge is 2.31. The second kappa shape index (κ2) is 9.62. The molecule has 6 heteroatoms. The summed E-state index contributed by atoms with van der Waals surface area (Å²) < 4.78 is 27.0. The van der Waals surface area contributed by atoms with Crippen LogP contribution in [0.1, 0.15) is 24.8 Å². The summed E-state index contributed by atoms with van der Waals surface area (Å²) >= 11 is 0. The van der Waals surface area contributed by atoms with Crippen molar-refractivity contribution in [2.24, 2.45) is 5.92 Å².